The van der Waals surface area contributed by atoms with Crippen molar-refractivity contribution in [3.8, 4) is 22.8 Å². The number of rotatable bonds is 8. The number of halogens is 1. The zero-order valence-corrected chi connectivity index (χ0v) is 19.3. The molecule has 8 nitrogen and oxygen atoms in total. The van der Waals surface area contributed by atoms with E-state index in [0.717, 1.165) is 17.0 Å². The highest BCUT2D eigenvalue weighted by Gasteiger charge is 2.19. The summed E-state index contributed by atoms with van der Waals surface area (Å²) in [5, 5.41) is 16.1. The summed E-state index contributed by atoms with van der Waals surface area (Å²) in [4.78, 5) is 16.8. The normalized spacial score (nSPS) is 12.0. The Morgan fingerprint density at radius 2 is 1.94 bits per heavy atom. The molecule has 1 atom stereocenters. The van der Waals surface area contributed by atoms with Gasteiger partial charge < -0.3 is 14.4 Å². The van der Waals surface area contributed by atoms with Gasteiger partial charge in [0.15, 0.2) is 11.0 Å². The predicted molar refractivity (Wildman–Crippen MR) is 123 cm³/mol. The fourth-order valence-corrected chi connectivity index (χ4v) is 4.12. The van der Waals surface area contributed by atoms with Crippen molar-refractivity contribution in [3.05, 3.63) is 65.8 Å². The molecule has 2 aromatic heterocycles. The Kier molecular flexibility index (Phi) is 6.83. The Morgan fingerprint density at radius 1 is 1.18 bits per heavy atom. The van der Waals surface area contributed by atoms with Crippen LogP contribution in [0.15, 0.2) is 58.2 Å². The van der Waals surface area contributed by atoms with E-state index in [9.17, 15) is 9.18 Å². The van der Waals surface area contributed by atoms with Gasteiger partial charge in [-0.15, -0.1) is 10.2 Å². The molecule has 0 saturated carbocycles. The van der Waals surface area contributed by atoms with Crippen molar-refractivity contribution < 1.29 is 13.7 Å². The van der Waals surface area contributed by atoms with Crippen molar-refractivity contribution >= 4 is 17.7 Å². The molecule has 0 aliphatic rings. The van der Waals surface area contributed by atoms with Crippen LogP contribution in [0.3, 0.4) is 0 Å². The molecule has 1 N–H and O–H groups in total. The maximum atomic E-state index is 13.1. The largest absolute Gasteiger partial charge is 0.344 e. The molecule has 0 bridgehead atoms. The van der Waals surface area contributed by atoms with Gasteiger partial charge in [-0.3, -0.25) is 4.79 Å². The van der Waals surface area contributed by atoms with E-state index in [1.54, 1.807) is 19.1 Å². The van der Waals surface area contributed by atoms with Gasteiger partial charge in [0, 0.05) is 17.7 Å². The van der Waals surface area contributed by atoms with Crippen LogP contribution in [-0.4, -0.2) is 36.6 Å². The highest BCUT2D eigenvalue weighted by molar-refractivity contribution is 7.99. The first-order chi connectivity index (χ1) is 16.0. The van der Waals surface area contributed by atoms with Crippen LogP contribution >= 0.6 is 11.8 Å². The molecular formula is C23H23FN6O2S. The first-order valence-corrected chi connectivity index (χ1v) is 11.5. The molecule has 0 fully saturated rings. The highest BCUT2D eigenvalue weighted by Crippen LogP contribution is 2.26. The molecule has 33 heavy (non-hydrogen) atoms. The average Bonchev–Trinajstić information content (AvgIpc) is 3.46. The third-order valence-electron chi connectivity index (χ3n) is 5.04. The van der Waals surface area contributed by atoms with Crippen LogP contribution in [0.5, 0.6) is 0 Å². The molecule has 4 aromatic rings. The van der Waals surface area contributed by atoms with Gasteiger partial charge in [0.2, 0.25) is 17.6 Å². The van der Waals surface area contributed by atoms with Crippen LogP contribution in [-0.2, 0) is 11.3 Å². The second-order valence-corrected chi connectivity index (χ2v) is 8.35. The SMILES string of the molecule is CCn1c(SCC(=O)NC(C)c2nc(-c3ccc(F)cc3)no2)nnc1-c1ccccc1C. The average molecular weight is 467 g/mol. The van der Waals surface area contributed by atoms with Gasteiger partial charge in [0.05, 0.1) is 5.75 Å². The number of carbonyl (C=O) groups excluding carboxylic acids is 1. The standard InChI is InChI=1S/C23H23FN6O2S/c1-4-30-21(18-8-6-5-7-14(18)2)27-28-23(30)33-13-19(31)25-15(3)22-26-20(29-32-22)16-9-11-17(24)12-10-16/h5-12,15H,4,13H2,1-3H3,(H,25,31). The van der Waals surface area contributed by atoms with Crippen LogP contribution < -0.4 is 5.32 Å². The number of aryl methyl sites for hydroxylation is 1. The molecule has 0 saturated heterocycles. The minimum absolute atomic E-state index is 0.162. The Labute approximate surface area is 194 Å². The molecule has 1 unspecified atom stereocenters. The predicted octanol–water partition coefficient (Wildman–Crippen LogP) is 4.43. The Hall–Kier alpha value is -3.53. The zero-order valence-electron chi connectivity index (χ0n) is 18.4. The Balaban J connectivity index is 1.38. The molecule has 0 spiro atoms. The van der Waals surface area contributed by atoms with Crippen molar-refractivity contribution in [3.63, 3.8) is 0 Å². The number of benzene rings is 2. The van der Waals surface area contributed by atoms with E-state index in [1.807, 2.05) is 42.7 Å². The number of carbonyl (C=O) groups is 1. The van der Waals surface area contributed by atoms with Gasteiger partial charge in [0.25, 0.3) is 0 Å². The van der Waals surface area contributed by atoms with Crippen LogP contribution in [0.4, 0.5) is 4.39 Å². The van der Waals surface area contributed by atoms with Crippen LogP contribution in [0.2, 0.25) is 0 Å². The lowest BCUT2D eigenvalue weighted by atomic mass is 10.1. The molecular weight excluding hydrogens is 443 g/mol. The van der Waals surface area contributed by atoms with Crippen LogP contribution in [0, 0.1) is 12.7 Å². The first-order valence-electron chi connectivity index (χ1n) is 10.5. The molecule has 10 heteroatoms. The molecule has 4 rings (SSSR count). The summed E-state index contributed by atoms with van der Waals surface area (Å²) in [7, 11) is 0. The minimum Gasteiger partial charge on any atom is -0.344 e. The number of nitrogens with zero attached hydrogens (tertiary/aromatic N) is 5. The van der Waals surface area contributed by atoms with E-state index in [0.29, 0.717) is 23.1 Å². The number of hydrogen-bond acceptors (Lipinski definition) is 7. The lowest BCUT2D eigenvalue weighted by molar-refractivity contribution is -0.119. The summed E-state index contributed by atoms with van der Waals surface area (Å²) in [6, 6.07) is 13.3. The van der Waals surface area contributed by atoms with E-state index < -0.39 is 6.04 Å². The number of hydrogen-bond donors (Lipinski definition) is 1. The van der Waals surface area contributed by atoms with Crippen LogP contribution in [0.25, 0.3) is 22.8 Å². The fraction of sp³-hybridized carbons (Fsp3) is 0.261. The summed E-state index contributed by atoms with van der Waals surface area (Å²) in [6.45, 7) is 6.50. The Morgan fingerprint density at radius 3 is 2.67 bits per heavy atom. The summed E-state index contributed by atoms with van der Waals surface area (Å²) in [6.07, 6.45) is 0. The Bertz CT molecular complexity index is 1250. The molecule has 0 aliphatic heterocycles. The molecule has 2 heterocycles. The van der Waals surface area contributed by atoms with Crippen molar-refractivity contribution in [2.24, 2.45) is 0 Å². The maximum absolute atomic E-state index is 13.1. The fourth-order valence-electron chi connectivity index (χ4n) is 3.31. The van der Waals surface area contributed by atoms with E-state index >= 15 is 0 Å². The summed E-state index contributed by atoms with van der Waals surface area (Å²) in [5.74, 6) is 1.01. The minimum atomic E-state index is -0.480. The summed E-state index contributed by atoms with van der Waals surface area (Å²) < 4.78 is 20.4. The topological polar surface area (TPSA) is 98.7 Å². The van der Waals surface area contributed by atoms with Crippen molar-refractivity contribution in [2.75, 3.05) is 5.75 Å². The van der Waals surface area contributed by atoms with Gasteiger partial charge >= 0.3 is 0 Å². The lowest BCUT2D eigenvalue weighted by Gasteiger charge is -2.11. The lowest BCUT2D eigenvalue weighted by Crippen LogP contribution is -2.28. The first kappa shape index (κ1) is 22.7. The van der Waals surface area contributed by atoms with E-state index in [-0.39, 0.29) is 23.4 Å². The summed E-state index contributed by atoms with van der Waals surface area (Å²) >= 11 is 1.32. The third-order valence-corrected chi connectivity index (χ3v) is 6.01. The molecule has 0 aliphatic carbocycles. The second kappa shape index (κ2) is 9.95. The highest BCUT2D eigenvalue weighted by atomic mass is 32.2. The van der Waals surface area contributed by atoms with Crippen LogP contribution in [0.1, 0.15) is 31.3 Å². The summed E-state index contributed by atoms with van der Waals surface area (Å²) in [5.41, 5.74) is 2.76. The second-order valence-electron chi connectivity index (χ2n) is 7.41. The molecule has 2 aromatic carbocycles. The number of nitrogens with one attached hydrogen (secondary N) is 1. The quantitative estimate of drug-likeness (QED) is 0.384. The van der Waals surface area contributed by atoms with E-state index in [1.165, 1.54) is 23.9 Å². The van der Waals surface area contributed by atoms with Crippen molar-refractivity contribution in [1.82, 2.24) is 30.2 Å². The van der Waals surface area contributed by atoms with E-state index in [4.69, 9.17) is 4.52 Å². The maximum Gasteiger partial charge on any atom is 0.249 e. The van der Waals surface area contributed by atoms with Gasteiger partial charge in [-0.1, -0.05) is 41.2 Å². The van der Waals surface area contributed by atoms with Gasteiger partial charge in [-0.25, -0.2) is 4.39 Å². The number of thioether (sulfide) groups is 1. The molecule has 0 radical (unpaired) electrons. The zero-order chi connectivity index (χ0) is 23.4. The van der Waals surface area contributed by atoms with Gasteiger partial charge in [-0.05, 0) is 50.6 Å². The smallest absolute Gasteiger partial charge is 0.249 e. The van der Waals surface area contributed by atoms with Gasteiger partial charge in [0.1, 0.15) is 11.9 Å². The molecule has 170 valence electrons. The third kappa shape index (κ3) is 5.11. The monoisotopic (exact) mass is 466 g/mol. The number of aromatic nitrogens is 5. The van der Waals surface area contributed by atoms with Gasteiger partial charge in [-0.2, -0.15) is 4.98 Å². The van der Waals surface area contributed by atoms with E-state index in [2.05, 4.69) is 25.7 Å². The van der Waals surface area contributed by atoms with Crippen molar-refractivity contribution in [1.29, 1.82) is 0 Å². The molecule has 1 amide bonds. The number of amides is 1. The van der Waals surface area contributed by atoms with Crippen molar-refractivity contribution in [2.45, 2.75) is 38.5 Å².